The van der Waals surface area contributed by atoms with Crippen molar-refractivity contribution in [2.45, 2.75) is 0 Å². The first kappa shape index (κ1) is 28.2. The van der Waals surface area contributed by atoms with Crippen molar-refractivity contribution in [2.75, 3.05) is 0 Å². The molecule has 0 unspecified atom stereocenters. The number of benzene rings is 7. The molecule has 10 rings (SSSR count). The number of hydrogen-bond acceptors (Lipinski definition) is 4. The Kier molecular flexibility index (Phi) is 6.42. The molecule has 0 aliphatic carbocycles. The minimum atomic E-state index is 0.624. The van der Waals surface area contributed by atoms with Gasteiger partial charge in [0.25, 0.3) is 0 Å². The molecule has 3 aromatic heterocycles. The summed E-state index contributed by atoms with van der Waals surface area (Å²) in [5.74, 6) is 1.90. The van der Waals surface area contributed by atoms with Crippen molar-refractivity contribution in [3.63, 3.8) is 0 Å². The van der Waals surface area contributed by atoms with Gasteiger partial charge in [0.1, 0.15) is 11.2 Å². The molecule has 0 aliphatic rings. The van der Waals surface area contributed by atoms with Crippen LogP contribution < -0.4 is 0 Å². The van der Waals surface area contributed by atoms with Crippen molar-refractivity contribution >= 4 is 43.7 Å². The van der Waals surface area contributed by atoms with Crippen LogP contribution in [0.15, 0.2) is 174 Å². The third-order valence-electron chi connectivity index (χ3n) is 9.45. The van der Waals surface area contributed by atoms with Crippen molar-refractivity contribution < 1.29 is 4.42 Å². The Morgan fingerprint density at radius 3 is 1.68 bits per heavy atom. The second-order valence-electron chi connectivity index (χ2n) is 12.5. The average Bonchev–Trinajstić information content (AvgIpc) is 3.72. The van der Waals surface area contributed by atoms with Gasteiger partial charge in [-0.1, -0.05) is 115 Å². The molecular formula is C45H28N4O. The third kappa shape index (κ3) is 4.67. The van der Waals surface area contributed by atoms with E-state index in [4.69, 9.17) is 19.4 Å². The normalized spacial score (nSPS) is 11.6. The van der Waals surface area contributed by atoms with Gasteiger partial charge in [0, 0.05) is 43.9 Å². The molecule has 5 heteroatoms. The molecular weight excluding hydrogens is 613 g/mol. The topological polar surface area (TPSA) is 56.7 Å². The maximum atomic E-state index is 6.27. The molecule has 10 aromatic rings. The van der Waals surface area contributed by atoms with Crippen LogP contribution in [0.3, 0.4) is 0 Å². The van der Waals surface area contributed by atoms with E-state index < -0.39 is 0 Å². The fourth-order valence-corrected chi connectivity index (χ4v) is 7.04. The third-order valence-corrected chi connectivity index (χ3v) is 9.45. The van der Waals surface area contributed by atoms with Gasteiger partial charge in [-0.25, -0.2) is 15.0 Å². The maximum absolute atomic E-state index is 6.27. The molecule has 0 amide bonds. The van der Waals surface area contributed by atoms with Crippen LogP contribution in [0.25, 0.3) is 94.7 Å². The van der Waals surface area contributed by atoms with Crippen molar-refractivity contribution in [1.29, 1.82) is 0 Å². The van der Waals surface area contributed by atoms with Gasteiger partial charge in [0.2, 0.25) is 0 Å². The molecule has 0 fully saturated rings. The highest BCUT2D eigenvalue weighted by molar-refractivity contribution is 6.17. The fourth-order valence-electron chi connectivity index (χ4n) is 7.04. The van der Waals surface area contributed by atoms with E-state index in [1.807, 2.05) is 48.5 Å². The zero-order valence-corrected chi connectivity index (χ0v) is 26.9. The number of rotatable bonds is 5. The largest absolute Gasteiger partial charge is 0.456 e. The van der Waals surface area contributed by atoms with Crippen molar-refractivity contribution in [2.24, 2.45) is 0 Å². The smallest absolute Gasteiger partial charge is 0.164 e. The fraction of sp³-hybridized carbons (Fsp3) is 0. The highest BCUT2D eigenvalue weighted by Gasteiger charge is 2.17. The van der Waals surface area contributed by atoms with Crippen LogP contribution in [0, 0.1) is 0 Å². The Balaban J connectivity index is 1.11. The van der Waals surface area contributed by atoms with E-state index in [9.17, 15) is 0 Å². The van der Waals surface area contributed by atoms with Crippen LogP contribution in [-0.2, 0) is 0 Å². The molecule has 7 aromatic carbocycles. The van der Waals surface area contributed by atoms with E-state index in [1.54, 1.807) is 0 Å². The van der Waals surface area contributed by atoms with Crippen LogP contribution in [0.4, 0.5) is 0 Å². The molecule has 0 aliphatic heterocycles. The van der Waals surface area contributed by atoms with Gasteiger partial charge in [-0.05, 0) is 65.7 Å². The van der Waals surface area contributed by atoms with Gasteiger partial charge < -0.3 is 8.98 Å². The van der Waals surface area contributed by atoms with Crippen molar-refractivity contribution in [1.82, 2.24) is 19.5 Å². The van der Waals surface area contributed by atoms with Crippen LogP contribution >= 0.6 is 0 Å². The first-order valence-electron chi connectivity index (χ1n) is 16.7. The van der Waals surface area contributed by atoms with Gasteiger partial charge >= 0.3 is 0 Å². The van der Waals surface area contributed by atoms with Crippen molar-refractivity contribution in [3.8, 4) is 51.0 Å². The monoisotopic (exact) mass is 640 g/mol. The lowest BCUT2D eigenvalue weighted by Gasteiger charge is -2.11. The highest BCUT2D eigenvalue weighted by atomic mass is 16.3. The van der Waals surface area contributed by atoms with Gasteiger partial charge in [-0.3, -0.25) is 0 Å². The van der Waals surface area contributed by atoms with Crippen LogP contribution in [0.2, 0.25) is 0 Å². The van der Waals surface area contributed by atoms with Gasteiger partial charge in [0.05, 0.1) is 11.0 Å². The summed E-state index contributed by atoms with van der Waals surface area (Å²) in [6, 6.07) is 58.6. The Bertz CT molecular complexity index is 2850. The first-order valence-corrected chi connectivity index (χ1v) is 16.7. The summed E-state index contributed by atoms with van der Waals surface area (Å²) < 4.78 is 8.61. The van der Waals surface area contributed by atoms with Crippen LogP contribution in [-0.4, -0.2) is 19.5 Å². The molecule has 0 radical (unpaired) electrons. The molecule has 0 N–H and O–H groups in total. The Morgan fingerprint density at radius 2 is 0.920 bits per heavy atom. The highest BCUT2D eigenvalue weighted by Crippen LogP contribution is 2.38. The lowest BCUT2D eigenvalue weighted by Crippen LogP contribution is -2.00. The standard InChI is InChI=1S/C45H28N4O/c1-3-12-29(13-4-1)32-16-11-17-33(26-32)45-47-43(30-14-5-2-6-15-30)46-44(48-45)31-22-24-34(25-23-31)49-39-20-9-7-18-35(39)37-28-42-38(27-40(37)49)36-19-8-10-21-41(36)50-42/h1-28H. The second-order valence-corrected chi connectivity index (χ2v) is 12.5. The minimum Gasteiger partial charge on any atom is -0.456 e. The Labute approximate surface area is 287 Å². The molecule has 0 spiro atoms. The number of nitrogens with zero attached hydrogens (tertiary/aromatic N) is 4. The van der Waals surface area contributed by atoms with E-state index in [1.165, 1.54) is 5.39 Å². The van der Waals surface area contributed by atoms with Crippen LogP contribution in [0.5, 0.6) is 0 Å². The Hall–Kier alpha value is -6.85. The van der Waals surface area contributed by atoms with Gasteiger partial charge in [0.15, 0.2) is 17.5 Å². The quantitative estimate of drug-likeness (QED) is 0.188. The average molecular weight is 641 g/mol. The SMILES string of the molecule is c1ccc(-c2cccc(-c3nc(-c4ccccc4)nc(-c4ccc(-n5c6ccccc6c6cc7oc8ccccc8c7cc65)cc4)n3)c2)cc1. The van der Waals surface area contributed by atoms with Crippen LogP contribution in [0.1, 0.15) is 0 Å². The summed E-state index contributed by atoms with van der Waals surface area (Å²) in [5, 5.41) is 4.56. The minimum absolute atomic E-state index is 0.624. The zero-order chi connectivity index (χ0) is 33.0. The molecule has 234 valence electrons. The second kappa shape index (κ2) is 11.4. The van der Waals surface area contributed by atoms with E-state index in [0.29, 0.717) is 17.5 Å². The molecule has 0 bridgehead atoms. The van der Waals surface area contributed by atoms with E-state index in [0.717, 1.165) is 71.9 Å². The molecule has 0 atom stereocenters. The van der Waals surface area contributed by atoms with Gasteiger partial charge in [-0.2, -0.15) is 0 Å². The summed E-state index contributed by atoms with van der Waals surface area (Å²) in [6.45, 7) is 0. The van der Waals surface area contributed by atoms with E-state index in [-0.39, 0.29) is 0 Å². The van der Waals surface area contributed by atoms with E-state index in [2.05, 4.69) is 126 Å². The predicted molar refractivity (Wildman–Crippen MR) is 203 cm³/mol. The van der Waals surface area contributed by atoms with Crippen molar-refractivity contribution in [3.05, 3.63) is 170 Å². The summed E-state index contributed by atoms with van der Waals surface area (Å²) in [5.41, 5.74) is 10.2. The van der Waals surface area contributed by atoms with Gasteiger partial charge in [-0.15, -0.1) is 0 Å². The predicted octanol–water partition coefficient (Wildman–Crippen LogP) is 11.5. The maximum Gasteiger partial charge on any atom is 0.164 e. The van der Waals surface area contributed by atoms with E-state index >= 15 is 0 Å². The summed E-state index contributed by atoms with van der Waals surface area (Å²) >= 11 is 0. The number of aromatic nitrogens is 4. The summed E-state index contributed by atoms with van der Waals surface area (Å²) in [7, 11) is 0. The molecule has 3 heterocycles. The lowest BCUT2D eigenvalue weighted by atomic mass is 10.0. The number of para-hydroxylation sites is 2. The molecule has 0 saturated carbocycles. The zero-order valence-electron chi connectivity index (χ0n) is 26.9. The molecule has 5 nitrogen and oxygen atoms in total. The number of furan rings is 1. The first-order chi connectivity index (χ1) is 24.8. The summed E-state index contributed by atoms with van der Waals surface area (Å²) in [4.78, 5) is 15.0. The Morgan fingerprint density at radius 1 is 0.340 bits per heavy atom. The molecule has 50 heavy (non-hydrogen) atoms. The molecule has 0 saturated heterocycles. The number of fused-ring (bicyclic) bond motifs is 6. The number of hydrogen-bond donors (Lipinski definition) is 0. The summed E-state index contributed by atoms with van der Waals surface area (Å²) in [6.07, 6.45) is 0. The lowest BCUT2D eigenvalue weighted by molar-refractivity contribution is 0.669.